The van der Waals surface area contributed by atoms with Crippen LogP contribution in [0.5, 0.6) is 5.75 Å². The third kappa shape index (κ3) is 7.45. The fourth-order valence-corrected chi connectivity index (χ4v) is 3.99. The molecular weight excluding hydrogens is 581 g/mol. The predicted octanol–water partition coefficient (Wildman–Crippen LogP) is 8.60. The van der Waals surface area contributed by atoms with E-state index in [9.17, 15) is 31.1 Å². The van der Waals surface area contributed by atoms with E-state index in [1.807, 2.05) is 0 Å². The molecule has 0 atom stereocenters. The van der Waals surface area contributed by atoms with Crippen molar-refractivity contribution >= 4 is 47.0 Å². The number of rotatable bonds is 6. The third-order valence-electron chi connectivity index (χ3n) is 5.46. The lowest BCUT2D eigenvalue weighted by atomic mass is 9.92. The van der Waals surface area contributed by atoms with Crippen molar-refractivity contribution in [2.75, 3.05) is 7.05 Å². The lowest BCUT2D eigenvalue weighted by Crippen LogP contribution is -2.21. The maximum absolute atomic E-state index is 13.7. The number of hydrogen-bond donors (Lipinski definition) is 1. The first-order valence-corrected chi connectivity index (χ1v) is 12.0. The summed E-state index contributed by atoms with van der Waals surface area (Å²) in [6, 6.07) is 12.5. The lowest BCUT2D eigenvalue weighted by Gasteiger charge is -2.19. The molecule has 0 aliphatic heterocycles. The average Bonchev–Trinajstić information content (AvgIpc) is 2.86. The first-order chi connectivity index (χ1) is 18.6. The van der Waals surface area contributed by atoms with Crippen LogP contribution in [0.1, 0.15) is 29.2 Å². The van der Waals surface area contributed by atoms with Crippen LogP contribution >= 0.6 is 23.2 Å². The number of hydrogen-bond acceptors (Lipinski definition) is 4. The molecule has 3 aromatic carbocycles. The summed E-state index contributed by atoms with van der Waals surface area (Å²) in [6.07, 6.45) is -6.01. The van der Waals surface area contributed by atoms with Crippen LogP contribution in [0.4, 0.5) is 26.3 Å². The van der Waals surface area contributed by atoms with E-state index in [0.717, 1.165) is 19.1 Å². The Hall–Kier alpha value is -3.76. The zero-order chi connectivity index (χ0) is 29.8. The molecule has 0 saturated heterocycles. The molecule has 0 saturated carbocycles. The molecule has 12 heteroatoms. The van der Waals surface area contributed by atoms with Crippen molar-refractivity contribution in [1.29, 1.82) is 0 Å². The van der Waals surface area contributed by atoms with Gasteiger partial charge in [-0.2, -0.15) is 26.3 Å². The molecule has 4 nitrogen and oxygen atoms in total. The Labute approximate surface area is 235 Å². The molecule has 210 valence electrons. The highest BCUT2D eigenvalue weighted by Crippen LogP contribution is 2.43. The Morgan fingerprint density at radius 1 is 0.950 bits per heavy atom. The molecule has 0 spiro atoms. The average molecular weight is 601 g/mol. The third-order valence-corrected chi connectivity index (χ3v) is 6.04. The summed E-state index contributed by atoms with van der Waals surface area (Å²) in [5, 5.41) is -0.0888. The Balaban J connectivity index is 2.39. The van der Waals surface area contributed by atoms with Gasteiger partial charge in [0.2, 0.25) is 0 Å². The summed E-state index contributed by atoms with van der Waals surface area (Å²) in [5.74, 6) is -1.21. The van der Waals surface area contributed by atoms with Crippen LogP contribution in [-0.4, -0.2) is 24.9 Å². The Kier molecular flexibility index (Phi) is 9.37. The van der Waals surface area contributed by atoms with Gasteiger partial charge in [-0.05, 0) is 53.1 Å². The topological polar surface area (TPSA) is 64.7 Å². The van der Waals surface area contributed by atoms with E-state index in [2.05, 4.69) is 4.99 Å². The Morgan fingerprint density at radius 2 is 1.60 bits per heavy atom. The molecule has 0 aliphatic carbocycles. The van der Waals surface area contributed by atoms with E-state index in [4.69, 9.17) is 33.7 Å². The first kappa shape index (κ1) is 30.8. The second kappa shape index (κ2) is 12.2. The summed E-state index contributed by atoms with van der Waals surface area (Å²) in [7, 11) is 1.19. The highest BCUT2D eigenvalue weighted by Gasteiger charge is 2.35. The van der Waals surface area contributed by atoms with E-state index in [1.54, 1.807) is 36.4 Å². The number of allylic oxidation sites excluding steroid dienone is 2. The van der Waals surface area contributed by atoms with Crippen molar-refractivity contribution in [1.82, 2.24) is 0 Å². The van der Waals surface area contributed by atoms with E-state index in [1.165, 1.54) is 25.2 Å². The Morgan fingerprint density at radius 3 is 2.15 bits per heavy atom. The van der Waals surface area contributed by atoms with Crippen LogP contribution in [0.3, 0.4) is 0 Å². The highest BCUT2D eigenvalue weighted by atomic mass is 35.5. The molecule has 3 aromatic rings. The molecule has 0 heterocycles. The van der Waals surface area contributed by atoms with Crippen LogP contribution < -0.4 is 10.5 Å². The van der Waals surface area contributed by atoms with Gasteiger partial charge in [-0.25, -0.2) is 0 Å². The van der Waals surface area contributed by atoms with Gasteiger partial charge in [0.05, 0.1) is 16.3 Å². The van der Waals surface area contributed by atoms with Gasteiger partial charge in [0, 0.05) is 30.1 Å². The second-order valence-electron chi connectivity index (χ2n) is 8.28. The monoisotopic (exact) mass is 600 g/mol. The molecule has 0 aromatic heterocycles. The minimum Gasteiger partial charge on any atom is -0.425 e. The second-order valence-corrected chi connectivity index (χ2v) is 9.13. The molecule has 2 N–H and O–H groups in total. The maximum Gasteiger partial charge on any atom is 0.430 e. The smallest absolute Gasteiger partial charge is 0.425 e. The van der Waals surface area contributed by atoms with Crippen LogP contribution in [0.2, 0.25) is 10.0 Å². The number of alkyl halides is 6. The number of nitrogens with zero attached hydrogens (tertiary/aromatic N) is 1. The summed E-state index contributed by atoms with van der Waals surface area (Å²) in [5.41, 5.74) is 2.94. The van der Waals surface area contributed by atoms with Crippen molar-refractivity contribution in [3.8, 4) is 16.9 Å². The summed E-state index contributed by atoms with van der Waals surface area (Å²) in [6.45, 7) is 1.04. The summed E-state index contributed by atoms with van der Waals surface area (Å²) >= 11 is 11.7. The number of esters is 1. The number of carbonyl (C=O) groups excluding carboxylic acids is 1. The molecule has 0 amide bonds. The van der Waals surface area contributed by atoms with Crippen molar-refractivity contribution < 1.29 is 35.9 Å². The van der Waals surface area contributed by atoms with Crippen molar-refractivity contribution in [2.45, 2.75) is 19.3 Å². The van der Waals surface area contributed by atoms with Gasteiger partial charge in [0.1, 0.15) is 11.4 Å². The van der Waals surface area contributed by atoms with E-state index in [0.29, 0.717) is 16.7 Å². The standard InChI is InChI=1S/C28H20Cl2F6N2O2/c1-15(39)40-26-20(23(38-2)14-24(37)28(34,35)36)11-7-17(6-3-16-4-9-19(29)10-5-16)25(26)18-8-12-22(30)21(13-18)27(31,32)33/h3-14H,37H2,1-2H3/b6-3+,24-14-,38-23?. The molecule has 0 radical (unpaired) electrons. The molecule has 40 heavy (non-hydrogen) atoms. The highest BCUT2D eigenvalue weighted by molar-refractivity contribution is 6.31. The van der Waals surface area contributed by atoms with Gasteiger partial charge in [-0.3, -0.25) is 9.79 Å². The fraction of sp³-hybridized carbons (Fsp3) is 0.143. The van der Waals surface area contributed by atoms with E-state index in [-0.39, 0.29) is 33.7 Å². The van der Waals surface area contributed by atoms with Gasteiger partial charge in [0.15, 0.2) is 0 Å². The predicted molar refractivity (Wildman–Crippen MR) is 144 cm³/mol. The summed E-state index contributed by atoms with van der Waals surface area (Å²) < 4.78 is 86.2. The van der Waals surface area contributed by atoms with Gasteiger partial charge < -0.3 is 10.5 Å². The first-order valence-electron chi connectivity index (χ1n) is 11.3. The molecule has 0 bridgehead atoms. The fourth-order valence-electron chi connectivity index (χ4n) is 3.64. The number of ether oxygens (including phenoxy) is 1. The lowest BCUT2D eigenvalue weighted by molar-refractivity contribution is -0.137. The summed E-state index contributed by atoms with van der Waals surface area (Å²) in [4.78, 5) is 16.0. The zero-order valence-corrected chi connectivity index (χ0v) is 22.3. The number of nitrogens with two attached hydrogens (primary N) is 1. The Bertz CT molecular complexity index is 1510. The van der Waals surface area contributed by atoms with Gasteiger partial charge >= 0.3 is 18.3 Å². The van der Waals surface area contributed by atoms with Gasteiger partial charge in [-0.15, -0.1) is 0 Å². The van der Waals surface area contributed by atoms with Crippen molar-refractivity contribution in [2.24, 2.45) is 10.7 Å². The molecule has 0 fully saturated rings. The minimum atomic E-state index is -4.89. The number of halogens is 8. The molecule has 0 aliphatic rings. The van der Waals surface area contributed by atoms with E-state index >= 15 is 0 Å². The molecule has 3 rings (SSSR count). The minimum absolute atomic E-state index is 0.0276. The number of carbonyl (C=O) groups is 1. The van der Waals surface area contributed by atoms with E-state index < -0.39 is 34.6 Å². The van der Waals surface area contributed by atoms with Crippen LogP contribution in [-0.2, 0) is 11.0 Å². The number of benzene rings is 3. The SMILES string of the molecule is CN=C(/C=C(\N)C(F)(F)F)c1ccc(/C=C/c2ccc(Cl)cc2)c(-c2ccc(Cl)c(C(F)(F)F)c2)c1OC(C)=O. The maximum atomic E-state index is 13.7. The van der Waals surface area contributed by atoms with Crippen LogP contribution in [0, 0.1) is 0 Å². The number of aliphatic imine (C=N–C) groups is 1. The van der Waals surface area contributed by atoms with Crippen LogP contribution in [0.15, 0.2) is 71.4 Å². The van der Waals surface area contributed by atoms with Crippen LogP contribution in [0.25, 0.3) is 23.3 Å². The largest absolute Gasteiger partial charge is 0.430 e. The van der Waals surface area contributed by atoms with Crippen molar-refractivity contribution in [3.63, 3.8) is 0 Å². The van der Waals surface area contributed by atoms with Gasteiger partial charge in [0.25, 0.3) is 0 Å². The molecular formula is C28H20Cl2F6N2O2. The quantitative estimate of drug-likeness (QED) is 0.101. The van der Waals surface area contributed by atoms with Gasteiger partial charge in [-0.1, -0.05) is 59.6 Å². The van der Waals surface area contributed by atoms with Crippen molar-refractivity contribution in [3.05, 3.63) is 98.7 Å². The normalized spacial score (nSPS) is 13.2. The zero-order valence-electron chi connectivity index (χ0n) is 20.8. The molecule has 0 unspecified atom stereocenters.